The van der Waals surface area contributed by atoms with Gasteiger partial charge in [0.25, 0.3) is 0 Å². The summed E-state index contributed by atoms with van der Waals surface area (Å²) in [6.45, 7) is 3.60. The van der Waals surface area contributed by atoms with Gasteiger partial charge in [-0.1, -0.05) is 42.3 Å². The lowest BCUT2D eigenvalue weighted by Gasteiger charge is -2.17. The standard InChI is InChI=1S/C18H19Cl2N3O2/c1-3-17(24)22-13-5-4-6-14(10-13)23-18(25)21-11(2)15-8-7-12(19)9-16(15)20/h4-11H,3H2,1-2H3,(H,22,24)(H2,21,23,25). The van der Waals surface area contributed by atoms with E-state index in [1.807, 2.05) is 6.92 Å². The quantitative estimate of drug-likeness (QED) is 0.665. The zero-order valence-corrected chi connectivity index (χ0v) is 15.4. The molecule has 0 saturated carbocycles. The van der Waals surface area contributed by atoms with Gasteiger partial charge in [0.05, 0.1) is 6.04 Å². The van der Waals surface area contributed by atoms with Crippen LogP contribution in [0.1, 0.15) is 31.9 Å². The second kappa shape index (κ2) is 8.74. The van der Waals surface area contributed by atoms with E-state index in [2.05, 4.69) is 16.0 Å². The van der Waals surface area contributed by atoms with Crippen LogP contribution < -0.4 is 16.0 Å². The molecule has 0 spiro atoms. The Balaban J connectivity index is 2.00. The molecule has 7 heteroatoms. The van der Waals surface area contributed by atoms with Crippen LogP contribution >= 0.6 is 23.2 Å². The lowest BCUT2D eigenvalue weighted by atomic mass is 10.1. The van der Waals surface area contributed by atoms with Crippen molar-refractivity contribution in [2.24, 2.45) is 0 Å². The first-order chi connectivity index (χ1) is 11.9. The minimum absolute atomic E-state index is 0.0902. The topological polar surface area (TPSA) is 70.2 Å². The molecule has 0 aromatic heterocycles. The van der Waals surface area contributed by atoms with E-state index >= 15 is 0 Å². The maximum atomic E-state index is 12.2. The third-order valence-corrected chi connectivity index (χ3v) is 4.06. The maximum Gasteiger partial charge on any atom is 0.319 e. The molecule has 1 unspecified atom stereocenters. The first-order valence-corrected chi connectivity index (χ1v) is 8.57. The van der Waals surface area contributed by atoms with E-state index in [0.717, 1.165) is 5.56 Å². The van der Waals surface area contributed by atoms with Gasteiger partial charge < -0.3 is 16.0 Å². The minimum atomic E-state index is -0.377. The number of amides is 3. The van der Waals surface area contributed by atoms with Crippen LogP contribution in [-0.2, 0) is 4.79 Å². The Morgan fingerprint density at radius 3 is 2.36 bits per heavy atom. The van der Waals surface area contributed by atoms with Gasteiger partial charge in [-0.25, -0.2) is 4.79 Å². The highest BCUT2D eigenvalue weighted by Gasteiger charge is 2.13. The van der Waals surface area contributed by atoms with Crippen molar-refractivity contribution < 1.29 is 9.59 Å². The van der Waals surface area contributed by atoms with Gasteiger partial charge in [0.2, 0.25) is 5.91 Å². The third-order valence-electron chi connectivity index (χ3n) is 3.50. The van der Waals surface area contributed by atoms with Crippen molar-refractivity contribution in [3.05, 3.63) is 58.1 Å². The van der Waals surface area contributed by atoms with E-state index in [9.17, 15) is 9.59 Å². The number of benzene rings is 2. The van der Waals surface area contributed by atoms with Crippen LogP contribution in [0.4, 0.5) is 16.2 Å². The Bertz CT molecular complexity index is 781. The number of hydrogen-bond donors (Lipinski definition) is 3. The van der Waals surface area contributed by atoms with Gasteiger partial charge in [0.15, 0.2) is 0 Å². The lowest BCUT2D eigenvalue weighted by Crippen LogP contribution is -2.31. The molecule has 3 amide bonds. The number of hydrogen-bond acceptors (Lipinski definition) is 2. The molecule has 5 nitrogen and oxygen atoms in total. The Morgan fingerprint density at radius 2 is 1.72 bits per heavy atom. The summed E-state index contributed by atoms with van der Waals surface area (Å²) in [5.41, 5.74) is 1.96. The molecular weight excluding hydrogens is 361 g/mol. The zero-order chi connectivity index (χ0) is 18.4. The Kier molecular flexibility index (Phi) is 6.67. The maximum absolute atomic E-state index is 12.2. The van der Waals surface area contributed by atoms with Crippen molar-refractivity contribution in [1.82, 2.24) is 5.32 Å². The van der Waals surface area contributed by atoms with Crippen molar-refractivity contribution >= 4 is 46.5 Å². The van der Waals surface area contributed by atoms with Crippen molar-refractivity contribution in [2.45, 2.75) is 26.3 Å². The minimum Gasteiger partial charge on any atom is -0.331 e. The van der Waals surface area contributed by atoms with E-state index in [0.29, 0.717) is 27.8 Å². The Morgan fingerprint density at radius 1 is 1.04 bits per heavy atom. The van der Waals surface area contributed by atoms with E-state index in [4.69, 9.17) is 23.2 Å². The molecule has 0 saturated heterocycles. The molecule has 25 heavy (non-hydrogen) atoms. The number of rotatable bonds is 5. The molecule has 0 heterocycles. The van der Waals surface area contributed by atoms with Crippen LogP contribution in [0.25, 0.3) is 0 Å². The van der Waals surface area contributed by atoms with Crippen molar-refractivity contribution in [2.75, 3.05) is 10.6 Å². The number of urea groups is 1. The van der Waals surface area contributed by atoms with Crippen LogP contribution in [0, 0.1) is 0 Å². The number of carbonyl (C=O) groups excluding carboxylic acids is 2. The third kappa shape index (κ3) is 5.66. The molecule has 2 aromatic rings. The molecule has 0 aliphatic heterocycles. The molecular formula is C18H19Cl2N3O2. The second-order valence-corrected chi connectivity index (χ2v) is 6.31. The Hall–Kier alpha value is -2.24. The number of carbonyl (C=O) groups is 2. The molecule has 2 rings (SSSR count). The first kappa shape index (κ1) is 19.1. The van der Waals surface area contributed by atoms with Gasteiger partial charge in [-0.2, -0.15) is 0 Å². The predicted octanol–water partition coefficient (Wildman–Crippen LogP) is 5.22. The molecule has 1 atom stereocenters. The van der Waals surface area contributed by atoms with E-state index in [-0.39, 0.29) is 18.0 Å². The highest BCUT2D eigenvalue weighted by molar-refractivity contribution is 6.35. The normalized spacial score (nSPS) is 11.5. The van der Waals surface area contributed by atoms with Gasteiger partial charge in [0, 0.05) is 27.8 Å². The molecule has 0 aliphatic rings. The second-order valence-electron chi connectivity index (χ2n) is 5.47. The van der Waals surface area contributed by atoms with Crippen molar-refractivity contribution in [1.29, 1.82) is 0 Å². The van der Waals surface area contributed by atoms with Gasteiger partial charge in [-0.05, 0) is 42.8 Å². The number of halogens is 2. The van der Waals surface area contributed by atoms with Crippen LogP contribution in [0.3, 0.4) is 0 Å². The molecule has 132 valence electrons. The molecule has 0 fully saturated rings. The van der Waals surface area contributed by atoms with Crippen LogP contribution in [-0.4, -0.2) is 11.9 Å². The summed E-state index contributed by atoms with van der Waals surface area (Å²) >= 11 is 12.0. The average Bonchev–Trinajstić information content (AvgIpc) is 2.54. The van der Waals surface area contributed by atoms with Crippen LogP contribution in [0.15, 0.2) is 42.5 Å². The van der Waals surface area contributed by atoms with Gasteiger partial charge >= 0.3 is 6.03 Å². The van der Waals surface area contributed by atoms with Crippen molar-refractivity contribution in [3.63, 3.8) is 0 Å². The number of anilines is 2. The monoisotopic (exact) mass is 379 g/mol. The van der Waals surface area contributed by atoms with Crippen molar-refractivity contribution in [3.8, 4) is 0 Å². The smallest absolute Gasteiger partial charge is 0.319 e. The number of nitrogens with one attached hydrogen (secondary N) is 3. The Labute approximate surface area is 156 Å². The molecule has 3 N–H and O–H groups in total. The fourth-order valence-electron chi connectivity index (χ4n) is 2.22. The van der Waals surface area contributed by atoms with Crippen LogP contribution in [0.5, 0.6) is 0 Å². The van der Waals surface area contributed by atoms with E-state index in [1.54, 1.807) is 49.4 Å². The summed E-state index contributed by atoms with van der Waals surface area (Å²) in [6.07, 6.45) is 0.386. The summed E-state index contributed by atoms with van der Waals surface area (Å²) < 4.78 is 0. The highest BCUT2D eigenvalue weighted by Crippen LogP contribution is 2.26. The van der Waals surface area contributed by atoms with E-state index < -0.39 is 0 Å². The largest absolute Gasteiger partial charge is 0.331 e. The molecule has 0 radical (unpaired) electrons. The summed E-state index contributed by atoms with van der Waals surface area (Å²) in [7, 11) is 0. The summed E-state index contributed by atoms with van der Waals surface area (Å²) in [5, 5.41) is 9.32. The lowest BCUT2D eigenvalue weighted by molar-refractivity contribution is -0.115. The average molecular weight is 380 g/mol. The highest BCUT2D eigenvalue weighted by atomic mass is 35.5. The first-order valence-electron chi connectivity index (χ1n) is 7.81. The van der Waals surface area contributed by atoms with Gasteiger partial charge in [-0.15, -0.1) is 0 Å². The zero-order valence-electron chi connectivity index (χ0n) is 13.9. The molecule has 0 aliphatic carbocycles. The van der Waals surface area contributed by atoms with Gasteiger partial charge in [-0.3, -0.25) is 4.79 Å². The molecule has 0 bridgehead atoms. The fourth-order valence-corrected chi connectivity index (χ4v) is 2.79. The molecule has 2 aromatic carbocycles. The SMILES string of the molecule is CCC(=O)Nc1cccc(NC(=O)NC(C)c2ccc(Cl)cc2Cl)c1. The van der Waals surface area contributed by atoms with E-state index in [1.165, 1.54) is 0 Å². The summed E-state index contributed by atoms with van der Waals surface area (Å²) in [5.74, 6) is -0.0902. The van der Waals surface area contributed by atoms with Crippen LogP contribution in [0.2, 0.25) is 10.0 Å². The summed E-state index contributed by atoms with van der Waals surface area (Å²) in [6, 6.07) is 11.4. The predicted molar refractivity (Wildman–Crippen MR) is 102 cm³/mol. The van der Waals surface area contributed by atoms with Gasteiger partial charge in [0.1, 0.15) is 0 Å². The fraction of sp³-hybridized carbons (Fsp3) is 0.222. The summed E-state index contributed by atoms with van der Waals surface area (Å²) in [4.78, 5) is 23.6.